The molecule has 3 rings (SSSR count). The highest BCUT2D eigenvalue weighted by molar-refractivity contribution is 7.89. The molecule has 7 heteroatoms. The van der Waals surface area contributed by atoms with Gasteiger partial charge in [-0.05, 0) is 48.4 Å². The van der Waals surface area contributed by atoms with Crippen molar-refractivity contribution in [3.8, 4) is 0 Å². The summed E-state index contributed by atoms with van der Waals surface area (Å²) in [6, 6.07) is 21.3. The lowest BCUT2D eigenvalue weighted by atomic mass is 10.1. The number of halogens is 1. The zero-order valence-corrected chi connectivity index (χ0v) is 15.7. The minimum absolute atomic E-state index is 0.112. The zero-order valence-electron chi connectivity index (χ0n) is 14.9. The van der Waals surface area contributed by atoms with Gasteiger partial charge in [0.1, 0.15) is 11.9 Å². The summed E-state index contributed by atoms with van der Waals surface area (Å²) in [7, 11) is -4.01. The van der Waals surface area contributed by atoms with Crippen molar-refractivity contribution >= 4 is 21.6 Å². The van der Waals surface area contributed by atoms with Crippen molar-refractivity contribution in [3.05, 3.63) is 96.3 Å². The second-order valence-corrected chi connectivity index (χ2v) is 7.89. The lowest BCUT2D eigenvalue weighted by Crippen LogP contribution is -2.45. The number of anilines is 1. The number of amides is 1. The van der Waals surface area contributed by atoms with E-state index >= 15 is 0 Å². The lowest BCUT2D eigenvalue weighted by Gasteiger charge is -2.19. The van der Waals surface area contributed by atoms with Crippen LogP contribution in [0.4, 0.5) is 10.1 Å². The molecule has 0 spiro atoms. The highest BCUT2D eigenvalue weighted by atomic mass is 32.2. The van der Waals surface area contributed by atoms with E-state index in [1.807, 2.05) is 36.4 Å². The number of para-hydroxylation sites is 1. The summed E-state index contributed by atoms with van der Waals surface area (Å²) >= 11 is 0. The van der Waals surface area contributed by atoms with E-state index in [0.29, 0.717) is 5.69 Å². The molecule has 0 saturated carbocycles. The maximum Gasteiger partial charge on any atom is 0.242 e. The number of hydrogen-bond donors (Lipinski definition) is 2. The minimum Gasteiger partial charge on any atom is -0.325 e. The summed E-state index contributed by atoms with van der Waals surface area (Å²) in [5, 5.41) is 2.72. The van der Waals surface area contributed by atoms with Gasteiger partial charge < -0.3 is 5.32 Å². The molecular weight excluding hydrogens is 379 g/mol. The molecule has 3 aromatic carbocycles. The normalized spacial score (nSPS) is 12.3. The monoisotopic (exact) mass is 398 g/mol. The first-order valence-electron chi connectivity index (χ1n) is 8.62. The van der Waals surface area contributed by atoms with E-state index in [4.69, 9.17) is 0 Å². The molecule has 1 amide bonds. The van der Waals surface area contributed by atoms with Crippen LogP contribution < -0.4 is 10.0 Å². The van der Waals surface area contributed by atoms with Gasteiger partial charge in [-0.2, -0.15) is 4.72 Å². The number of carbonyl (C=O) groups is 1. The maximum atomic E-state index is 13.1. The number of sulfonamides is 1. The van der Waals surface area contributed by atoms with Crippen molar-refractivity contribution in [2.45, 2.75) is 17.4 Å². The quantitative estimate of drug-likeness (QED) is 0.641. The van der Waals surface area contributed by atoms with Gasteiger partial charge >= 0.3 is 0 Å². The third-order valence-electron chi connectivity index (χ3n) is 4.06. The molecule has 144 valence electrons. The van der Waals surface area contributed by atoms with Crippen LogP contribution in [-0.2, 0) is 21.2 Å². The number of benzene rings is 3. The highest BCUT2D eigenvalue weighted by Gasteiger charge is 2.26. The molecule has 5 nitrogen and oxygen atoms in total. The Morgan fingerprint density at radius 2 is 1.43 bits per heavy atom. The first-order valence-corrected chi connectivity index (χ1v) is 10.1. The Labute approximate surface area is 163 Å². The number of nitrogens with one attached hydrogen (secondary N) is 2. The van der Waals surface area contributed by atoms with E-state index in [1.165, 1.54) is 0 Å². The fourth-order valence-electron chi connectivity index (χ4n) is 2.66. The zero-order chi connectivity index (χ0) is 20.0. The van der Waals surface area contributed by atoms with Crippen LogP contribution in [0.2, 0.25) is 0 Å². The van der Waals surface area contributed by atoms with E-state index < -0.39 is 27.8 Å². The predicted octanol–water partition coefficient (Wildman–Crippen LogP) is 3.35. The smallest absolute Gasteiger partial charge is 0.242 e. The molecular formula is C21H19FN2O3S. The number of rotatable bonds is 7. The van der Waals surface area contributed by atoms with E-state index in [-0.39, 0.29) is 11.3 Å². The highest BCUT2D eigenvalue weighted by Crippen LogP contribution is 2.14. The number of carbonyl (C=O) groups excluding carboxylic acids is 1. The first kappa shape index (κ1) is 19.7. The Hall–Kier alpha value is -3.03. The fraction of sp³-hybridized carbons (Fsp3) is 0.0952. The number of hydrogen-bond acceptors (Lipinski definition) is 3. The molecule has 0 heterocycles. The summed E-state index contributed by atoms with van der Waals surface area (Å²) in [5.74, 6) is -1.03. The Morgan fingerprint density at radius 1 is 0.857 bits per heavy atom. The van der Waals surface area contributed by atoms with Crippen LogP contribution >= 0.6 is 0 Å². The molecule has 0 radical (unpaired) electrons. The van der Waals surface area contributed by atoms with Crippen molar-refractivity contribution in [3.63, 3.8) is 0 Å². The SMILES string of the molecule is O=C(Nc1ccccc1)[C@@H](Cc1ccccc1)NS(=O)(=O)c1ccc(F)cc1. The molecule has 28 heavy (non-hydrogen) atoms. The van der Waals surface area contributed by atoms with Crippen molar-refractivity contribution in [1.29, 1.82) is 0 Å². The fourth-order valence-corrected chi connectivity index (χ4v) is 3.85. The van der Waals surface area contributed by atoms with Crippen LogP contribution in [-0.4, -0.2) is 20.4 Å². The van der Waals surface area contributed by atoms with Gasteiger partial charge in [0.2, 0.25) is 15.9 Å². The van der Waals surface area contributed by atoms with Crippen LogP contribution in [0.5, 0.6) is 0 Å². The summed E-state index contributed by atoms with van der Waals surface area (Å²) in [5.41, 5.74) is 1.36. The lowest BCUT2D eigenvalue weighted by molar-refractivity contribution is -0.117. The summed E-state index contributed by atoms with van der Waals surface area (Å²) < 4.78 is 40.9. The van der Waals surface area contributed by atoms with Crippen LogP contribution in [0.25, 0.3) is 0 Å². The molecule has 0 aliphatic rings. The minimum atomic E-state index is -4.01. The van der Waals surface area contributed by atoms with Gasteiger partial charge in [0.15, 0.2) is 0 Å². The van der Waals surface area contributed by atoms with Gasteiger partial charge in [-0.25, -0.2) is 12.8 Å². The van der Waals surface area contributed by atoms with Gasteiger partial charge in [0.05, 0.1) is 4.90 Å². The van der Waals surface area contributed by atoms with Gasteiger partial charge in [0.25, 0.3) is 0 Å². The van der Waals surface area contributed by atoms with Crippen molar-refractivity contribution in [1.82, 2.24) is 4.72 Å². The first-order chi connectivity index (χ1) is 13.4. The molecule has 0 aromatic heterocycles. The van der Waals surface area contributed by atoms with E-state index in [1.54, 1.807) is 24.3 Å². The van der Waals surface area contributed by atoms with E-state index in [9.17, 15) is 17.6 Å². The third-order valence-corrected chi connectivity index (χ3v) is 5.55. The van der Waals surface area contributed by atoms with E-state index in [2.05, 4.69) is 10.0 Å². The summed E-state index contributed by atoms with van der Waals surface area (Å²) in [6.07, 6.45) is 0.167. The molecule has 2 N–H and O–H groups in total. The maximum absolute atomic E-state index is 13.1. The Kier molecular flexibility index (Phi) is 6.18. The molecule has 0 saturated heterocycles. The molecule has 0 aliphatic carbocycles. The van der Waals surface area contributed by atoms with Crippen molar-refractivity contribution in [2.75, 3.05) is 5.32 Å². The van der Waals surface area contributed by atoms with Crippen LogP contribution in [0.15, 0.2) is 89.8 Å². The topological polar surface area (TPSA) is 75.3 Å². The van der Waals surface area contributed by atoms with Crippen LogP contribution in [0.1, 0.15) is 5.56 Å². The van der Waals surface area contributed by atoms with Gasteiger partial charge in [-0.3, -0.25) is 4.79 Å². The molecule has 0 unspecified atom stereocenters. The molecule has 0 bridgehead atoms. The van der Waals surface area contributed by atoms with Crippen molar-refractivity contribution in [2.24, 2.45) is 0 Å². The van der Waals surface area contributed by atoms with Gasteiger partial charge in [-0.1, -0.05) is 48.5 Å². The second kappa shape index (κ2) is 8.77. The standard InChI is InChI=1S/C21H19FN2O3S/c22-17-11-13-19(14-12-17)28(26,27)24-20(15-16-7-3-1-4-8-16)21(25)23-18-9-5-2-6-10-18/h1-14,20,24H,15H2,(H,23,25)/t20-/m1/s1. The van der Waals surface area contributed by atoms with Crippen molar-refractivity contribution < 1.29 is 17.6 Å². The second-order valence-electron chi connectivity index (χ2n) is 6.17. The Balaban J connectivity index is 1.84. The predicted molar refractivity (Wildman–Crippen MR) is 106 cm³/mol. The van der Waals surface area contributed by atoms with E-state index in [0.717, 1.165) is 29.8 Å². The molecule has 1 atom stereocenters. The van der Waals surface area contributed by atoms with Crippen LogP contribution in [0.3, 0.4) is 0 Å². The molecule has 0 aliphatic heterocycles. The third kappa shape index (κ3) is 5.25. The van der Waals surface area contributed by atoms with Gasteiger partial charge in [0, 0.05) is 5.69 Å². The summed E-state index contributed by atoms with van der Waals surface area (Å²) in [6.45, 7) is 0. The average molecular weight is 398 g/mol. The Morgan fingerprint density at radius 3 is 2.04 bits per heavy atom. The largest absolute Gasteiger partial charge is 0.325 e. The van der Waals surface area contributed by atoms with Gasteiger partial charge in [-0.15, -0.1) is 0 Å². The molecule has 0 fully saturated rings. The average Bonchev–Trinajstić information content (AvgIpc) is 2.69. The summed E-state index contributed by atoms with van der Waals surface area (Å²) in [4.78, 5) is 12.7. The van der Waals surface area contributed by atoms with Crippen LogP contribution in [0, 0.1) is 5.82 Å². The molecule has 3 aromatic rings. The Bertz CT molecular complexity index is 1020.